The van der Waals surface area contributed by atoms with Crippen LogP contribution in [0.5, 0.6) is 0 Å². The first-order valence-electron chi connectivity index (χ1n) is 11.6. The molecule has 1 unspecified atom stereocenters. The molecular weight excluding hydrogens is 530 g/mol. The van der Waals surface area contributed by atoms with Gasteiger partial charge in [0.2, 0.25) is 11.8 Å². The van der Waals surface area contributed by atoms with Crippen molar-refractivity contribution >= 4 is 50.9 Å². The fourth-order valence-electron chi connectivity index (χ4n) is 3.69. The Morgan fingerprint density at radius 2 is 1.57 bits per heavy atom. The highest BCUT2D eigenvalue weighted by atomic mass is 35.5. The summed E-state index contributed by atoms with van der Waals surface area (Å²) >= 11 is 7.51. The minimum atomic E-state index is -4.09. The predicted molar refractivity (Wildman–Crippen MR) is 149 cm³/mol. The summed E-state index contributed by atoms with van der Waals surface area (Å²) in [5.74, 6) is -0.879. The van der Waals surface area contributed by atoms with Gasteiger partial charge in [-0.3, -0.25) is 13.9 Å². The SMILES string of the molecule is CNC(=O)C(C)N(Cc1ccc(Cl)cc1)C(=O)CN(c1ccc(C)cc1)S(=O)(=O)c1ccc(SC)cc1. The molecule has 0 spiro atoms. The smallest absolute Gasteiger partial charge is 0.264 e. The fourth-order valence-corrected chi connectivity index (χ4v) is 5.64. The summed E-state index contributed by atoms with van der Waals surface area (Å²) in [5.41, 5.74) is 2.06. The van der Waals surface area contributed by atoms with Crippen LogP contribution in [0.2, 0.25) is 5.02 Å². The minimum Gasteiger partial charge on any atom is -0.357 e. The maximum atomic E-state index is 13.8. The molecule has 3 aromatic carbocycles. The molecule has 0 fully saturated rings. The molecule has 0 heterocycles. The number of benzene rings is 3. The molecule has 1 N–H and O–H groups in total. The Labute approximate surface area is 227 Å². The molecular formula is C27H30ClN3O4S2. The van der Waals surface area contributed by atoms with Gasteiger partial charge in [0, 0.05) is 23.5 Å². The molecule has 0 radical (unpaired) electrons. The molecule has 37 heavy (non-hydrogen) atoms. The molecule has 0 saturated heterocycles. The number of halogens is 1. The molecule has 3 rings (SSSR count). The Balaban J connectivity index is 2.01. The fraction of sp³-hybridized carbons (Fsp3) is 0.259. The van der Waals surface area contributed by atoms with E-state index in [1.807, 2.05) is 13.2 Å². The lowest BCUT2D eigenvalue weighted by Crippen LogP contribution is -2.50. The Hall–Kier alpha value is -3.01. The van der Waals surface area contributed by atoms with Crippen molar-refractivity contribution in [2.24, 2.45) is 0 Å². The quantitative estimate of drug-likeness (QED) is 0.363. The Morgan fingerprint density at radius 3 is 2.11 bits per heavy atom. The van der Waals surface area contributed by atoms with Gasteiger partial charge in [0.25, 0.3) is 10.0 Å². The summed E-state index contributed by atoms with van der Waals surface area (Å²) in [6.45, 7) is 3.13. The number of hydrogen-bond donors (Lipinski definition) is 1. The van der Waals surface area contributed by atoms with Crippen LogP contribution >= 0.6 is 23.4 Å². The van der Waals surface area contributed by atoms with Crippen LogP contribution in [0.25, 0.3) is 0 Å². The first kappa shape index (κ1) is 28.6. The number of carbonyl (C=O) groups is 2. The maximum Gasteiger partial charge on any atom is 0.264 e. The monoisotopic (exact) mass is 559 g/mol. The number of aryl methyl sites for hydroxylation is 1. The Kier molecular flexibility index (Phi) is 9.64. The van der Waals surface area contributed by atoms with E-state index < -0.39 is 28.5 Å². The van der Waals surface area contributed by atoms with Crippen LogP contribution in [-0.4, -0.2) is 51.0 Å². The van der Waals surface area contributed by atoms with Gasteiger partial charge < -0.3 is 10.2 Å². The molecule has 7 nitrogen and oxygen atoms in total. The lowest BCUT2D eigenvalue weighted by atomic mass is 10.1. The molecule has 196 valence electrons. The second kappa shape index (κ2) is 12.5. The Bertz CT molecular complexity index is 1330. The van der Waals surface area contributed by atoms with Crippen LogP contribution in [0.15, 0.2) is 82.6 Å². The number of amides is 2. The van der Waals surface area contributed by atoms with Gasteiger partial charge in [0.1, 0.15) is 12.6 Å². The van der Waals surface area contributed by atoms with Crippen LogP contribution in [0.1, 0.15) is 18.1 Å². The summed E-state index contributed by atoms with van der Waals surface area (Å²) in [5, 5.41) is 3.11. The zero-order chi connectivity index (χ0) is 27.2. The van der Waals surface area contributed by atoms with Crippen molar-refractivity contribution in [3.63, 3.8) is 0 Å². The highest BCUT2D eigenvalue weighted by molar-refractivity contribution is 7.98. The molecule has 0 aliphatic carbocycles. The van der Waals surface area contributed by atoms with E-state index in [4.69, 9.17) is 11.6 Å². The van der Waals surface area contributed by atoms with Gasteiger partial charge in [-0.15, -0.1) is 11.8 Å². The van der Waals surface area contributed by atoms with Gasteiger partial charge in [-0.1, -0.05) is 41.4 Å². The third kappa shape index (κ3) is 7.06. The zero-order valence-electron chi connectivity index (χ0n) is 21.1. The number of sulfonamides is 1. The van der Waals surface area contributed by atoms with Gasteiger partial charge in [0.05, 0.1) is 10.6 Å². The van der Waals surface area contributed by atoms with Crippen LogP contribution in [0, 0.1) is 6.92 Å². The van der Waals surface area contributed by atoms with Crippen LogP contribution in [-0.2, 0) is 26.2 Å². The number of anilines is 1. The summed E-state index contributed by atoms with van der Waals surface area (Å²) in [6, 6.07) is 19.5. The van der Waals surface area contributed by atoms with E-state index in [1.54, 1.807) is 67.6 Å². The second-order valence-electron chi connectivity index (χ2n) is 8.46. The second-order valence-corrected chi connectivity index (χ2v) is 11.6. The average molecular weight is 560 g/mol. The topological polar surface area (TPSA) is 86.8 Å². The lowest BCUT2D eigenvalue weighted by Gasteiger charge is -2.31. The number of hydrogen-bond acceptors (Lipinski definition) is 5. The van der Waals surface area contributed by atoms with E-state index >= 15 is 0 Å². The van der Waals surface area contributed by atoms with Gasteiger partial charge in [-0.05, 0) is 74.2 Å². The highest BCUT2D eigenvalue weighted by Gasteiger charge is 2.32. The molecule has 2 amide bonds. The molecule has 0 aliphatic heterocycles. The number of rotatable bonds is 10. The van der Waals surface area contributed by atoms with Crippen molar-refractivity contribution in [1.82, 2.24) is 10.2 Å². The van der Waals surface area contributed by atoms with E-state index in [2.05, 4.69) is 5.32 Å². The van der Waals surface area contributed by atoms with E-state index in [0.717, 1.165) is 20.3 Å². The van der Waals surface area contributed by atoms with Crippen molar-refractivity contribution in [3.05, 3.63) is 88.9 Å². The summed E-state index contributed by atoms with van der Waals surface area (Å²) in [7, 11) is -2.60. The maximum absolute atomic E-state index is 13.8. The van der Waals surface area contributed by atoms with Gasteiger partial charge in [0.15, 0.2) is 0 Å². The molecule has 0 aliphatic rings. The molecule has 0 bridgehead atoms. The number of carbonyl (C=O) groups excluding carboxylic acids is 2. The molecule has 1 atom stereocenters. The van der Waals surface area contributed by atoms with Crippen molar-refractivity contribution in [2.75, 3.05) is 24.2 Å². The van der Waals surface area contributed by atoms with Crippen molar-refractivity contribution < 1.29 is 18.0 Å². The standard InChI is InChI=1S/C27H30ClN3O4S2/c1-19-5-11-23(12-6-19)31(37(34,35)25-15-13-24(36-4)14-16-25)18-26(32)30(20(2)27(33)29-3)17-21-7-9-22(28)10-8-21/h5-16,20H,17-18H2,1-4H3,(H,29,33). The van der Waals surface area contributed by atoms with Crippen molar-refractivity contribution in [1.29, 1.82) is 0 Å². The Morgan fingerprint density at radius 1 is 0.973 bits per heavy atom. The summed E-state index contributed by atoms with van der Waals surface area (Å²) < 4.78 is 28.7. The van der Waals surface area contributed by atoms with Crippen molar-refractivity contribution in [2.45, 2.75) is 36.2 Å². The summed E-state index contributed by atoms with van der Waals surface area (Å²) in [4.78, 5) is 28.6. The number of nitrogens with zero attached hydrogens (tertiary/aromatic N) is 2. The highest BCUT2D eigenvalue weighted by Crippen LogP contribution is 2.26. The number of nitrogens with one attached hydrogen (secondary N) is 1. The van der Waals surface area contributed by atoms with Gasteiger partial charge in [-0.25, -0.2) is 8.42 Å². The third-order valence-corrected chi connectivity index (χ3v) is 8.71. The zero-order valence-corrected chi connectivity index (χ0v) is 23.5. The normalized spacial score (nSPS) is 12.0. The van der Waals surface area contributed by atoms with Gasteiger partial charge >= 0.3 is 0 Å². The van der Waals surface area contributed by atoms with Crippen LogP contribution in [0.4, 0.5) is 5.69 Å². The first-order valence-corrected chi connectivity index (χ1v) is 14.6. The van der Waals surface area contributed by atoms with Crippen LogP contribution < -0.4 is 9.62 Å². The minimum absolute atomic E-state index is 0.0716. The first-order chi connectivity index (χ1) is 17.6. The van der Waals surface area contributed by atoms with E-state index in [0.29, 0.717) is 10.7 Å². The largest absolute Gasteiger partial charge is 0.357 e. The lowest BCUT2D eigenvalue weighted by molar-refractivity contribution is -0.139. The molecule has 0 saturated carbocycles. The van der Waals surface area contributed by atoms with Crippen LogP contribution in [0.3, 0.4) is 0 Å². The van der Waals surface area contributed by atoms with Gasteiger partial charge in [-0.2, -0.15) is 0 Å². The molecule has 10 heteroatoms. The summed E-state index contributed by atoms with van der Waals surface area (Å²) in [6.07, 6.45) is 1.91. The molecule has 0 aromatic heterocycles. The number of thioether (sulfide) groups is 1. The van der Waals surface area contributed by atoms with E-state index in [-0.39, 0.29) is 17.3 Å². The average Bonchev–Trinajstić information content (AvgIpc) is 2.91. The van der Waals surface area contributed by atoms with E-state index in [1.165, 1.54) is 35.8 Å². The number of likely N-dealkylation sites (N-methyl/N-ethyl adjacent to an activating group) is 1. The van der Waals surface area contributed by atoms with Crippen molar-refractivity contribution in [3.8, 4) is 0 Å². The third-order valence-electron chi connectivity index (χ3n) is 5.93. The molecule has 3 aromatic rings. The predicted octanol–water partition coefficient (Wildman–Crippen LogP) is 4.73. The van der Waals surface area contributed by atoms with E-state index in [9.17, 15) is 18.0 Å².